The van der Waals surface area contributed by atoms with Crippen molar-refractivity contribution in [3.63, 3.8) is 0 Å². The molecule has 8 heteroatoms. The van der Waals surface area contributed by atoms with Gasteiger partial charge in [0.2, 0.25) is 0 Å². The summed E-state index contributed by atoms with van der Waals surface area (Å²) in [5.74, 6) is 0.302. The van der Waals surface area contributed by atoms with Crippen LogP contribution in [0.15, 0.2) is 84.9 Å². The lowest BCUT2D eigenvalue weighted by Gasteiger charge is -2.09. The van der Waals surface area contributed by atoms with Gasteiger partial charge in [-0.05, 0) is 86.1 Å². The predicted octanol–water partition coefficient (Wildman–Crippen LogP) is 5.41. The van der Waals surface area contributed by atoms with Crippen LogP contribution in [0.4, 0.5) is 0 Å². The standard InChI is InChI=1S/C29H28O8/c1-4-17-33-24-13-15-26(16-14-24)37-29(32)22-7-11-25(12-8-22)36-28(31)21-5-9-23(10-6-21)34-18-19-35-27(30)20(2)3/h5-16H,2,4,17-19H2,1,3H3. The van der Waals surface area contributed by atoms with E-state index in [1.807, 2.05) is 6.92 Å². The summed E-state index contributed by atoms with van der Waals surface area (Å²) in [4.78, 5) is 36.2. The predicted molar refractivity (Wildman–Crippen MR) is 136 cm³/mol. The smallest absolute Gasteiger partial charge is 0.343 e. The van der Waals surface area contributed by atoms with Gasteiger partial charge >= 0.3 is 17.9 Å². The van der Waals surface area contributed by atoms with Crippen LogP contribution in [-0.4, -0.2) is 37.7 Å². The second-order valence-electron chi connectivity index (χ2n) is 7.91. The minimum Gasteiger partial charge on any atom is -0.494 e. The molecule has 37 heavy (non-hydrogen) atoms. The SMILES string of the molecule is C=C(C)C(=O)OCCOc1ccc(C(=O)Oc2ccc(C(=O)Oc3ccc(OCCC)cc3)cc2)cc1. The van der Waals surface area contributed by atoms with Crippen LogP contribution in [-0.2, 0) is 9.53 Å². The Balaban J connectivity index is 1.47. The van der Waals surface area contributed by atoms with Crippen LogP contribution >= 0.6 is 0 Å². The molecule has 0 saturated carbocycles. The molecule has 0 N–H and O–H groups in total. The summed E-state index contributed by atoms with van der Waals surface area (Å²) < 4.78 is 26.7. The maximum Gasteiger partial charge on any atom is 0.343 e. The zero-order valence-electron chi connectivity index (χ0n) is 20.7. The van der Waals surface area contributed by atoms with Gasteiger partial charge < -0.3 is 23.7 Å². The second-order valence-corrected chi connectivity index (χ2v) is 7.91. The van der Waals surface area contributed by atoms with Crippen molar-refractivity contribution in [3.05, 3.63) is 96.1 Å². The van der Waals surface area contributed by atoms with Crippen molar-refractivity contribution in [1.82, 2.24) is 0 Å². The Morgan fingerprint density at radius 1 is 0.622 bits per heavy atom. The minimum atomic E-state index is -0.567. The average Bonchev–Trinajstić information content (AvgIpc) is 2.91. The number of benzene rings is 3. The first kappa shape index (κ1) is 27.0. The van der Waals surface area contributed by atoms with E-state index in [4.69, 9.17) is 23.7 Å². The normalized spacial score (nSPS) is 10.2. The molecule has 3 rings (SSSR count). The molecule has 0 aliphatic rings. The molecule has 3 aromatic carbocycles. The Kier molecular flexibility index (Phi) is 9.84. The second kappa shape index (κ2) is 13.5. The summed E-state index contributed by atoms with van der Waals surface area (Å²) in [6, 6.07) is 19.2. The lowest BCUT2D eigenvalue weighted by Crippen LogP contribution is -2.12. The molecule has 0 fully saturated rings. The first-order chi connectivity index (χ1) is 17.9. The van der Waals surface area contributed by atoms with E-state index >= 15 is 0 Å². The zero-order chi connectivity index (χ0) is 26.6. The molecule has 0 amide bonds. The molecule has 0 atom stereocenters. The van der Waals surface area contributed by atoms with E-state index in [0.717, 1.165) is 6.42 Å². The Bertz CT molecular complexity index is 1210. The van der Waals surface area contributed by atoms with Crippen molar-refractivity contribution in [2.45, 2.75) is 20.3 Å². The number of esters is 3. The van der Waals surface area contributed by atoms with E-state index in [-0.39, 0.29) is 19.0 Å². The van der Waals surface area contributed by atoms with Crippen molar-refractivity contribution in [2.24, 2.45) is 0 Å². The highest BCUT2D eigenvalue weighted by Gasteiger charge is 2.12. The summed E-state index contributed by atoms with van der Waals surface area (Å²) in [6.45, 7) is 7.95. The molecule has 0 heterocycles. The number of hydrogen-bond donors (Lipinski definition) is 0. The van der Waals surface area contributed by atoms with Gasteiger partial charge in [-0.25, -0.2) is 14.4 Å². The molecule has 0 bridgehead atoms. The highest BCUT2D eigenvalue weighted by atomic mass is 16.6. The van der Waals surface area contributed by atoms with Crippen LogP contribution in [0.1, 0.15) is 41.0 Å². The van der Waals surface area contributed by atoms with E-state index in [1.165, 1.54) is 24.3 Å². The molecule has 8 nitrogen and oxygen atoms in total. The lowest BCUT2D eigenvalue weighted by atomic mass is 10.2. The largest absolute Gasteiger partial charge is 0.494 e. The number of hydrogen-bond acceptors (Lipinski definition) is 8. The molecule has 192 valence electrons. The fourth-order valence-corrected chi connectivity index (χ4v) is 2.92. The summed E-state index contributed by atoms with van der Waals surface area (Å²) in [7, 11) is 0. The van der Waals surface area contributed by atoms with E-state index in [9.17, 15) is 14.4 Å². The number of carbonyl (C=O) groups is 3. The van der Waals surface area contributed by atoms with Crippen molar-refractivity contribution in [1.29, 1.82) is 0 Å². The van der Waals surface area contributed by atoms with E-state index in [1.54, 1.807) is 55.5 Å². The van der Waals surface area contributed by atoms with Crippen molar-refractivity contribution < 1.29 is 38.1 Å². The molecule has 0 aliphatic heterocycles. The van der Waals surface area contributed by atoms with Crippen molar-refractivity contribution in [3.8, 4) is 23.0 Å². The molecule has 3 aromatic rings. The first-order valence-electron chi connectivity index (χ1n) is 11.7. The van der Waals surface area contributed by atoms with Crippen LogP contribution in [0, 0.1) is 0 Å². The number of rotatable bonds is 12. The monoisotopic (exact) mass is 504 g/mol. The van der Waals surface area contributed by atoms with Crippen LogP contribution in [0.3, 0.4) is 0 Å². The zero-order valence-corrected chi connectivity index (χ0v) is 20.7. The highest BCUT2D eigenvalue weighted by molar-refractivity contribution is 5.92. The highest BCUT2D eigenvalue weighted by Crippen LogP contribution is 2.21. The van der Waals surface area contributed by atoms with Gasteiger partial charge in [-0.3, -0.25) is 0 Å². The van der Waals surface area contributed by atoms with Gasteiger partial charge in [-0.15, -0.1) is 0 Å². The Hall–Kier alpha value is -4.59. The number of ether oxygens (including phenoxy) is 5. The fourth-order valence-electron chi connectivity index (χ4n) is 2.92. The van der Waals surface area contributed by atoms with E-state index in [0.29, 0.717) is 40.6 Å². The van der Waals surface area contributed by atoms with Gasteiger partial charge in [0.15, 0.2) is 0 Å². The molecular formula is C29H28O8. The van der Waals surface area contributed by atoms with E-state index < -0.39 is 17.9 Å². The van der Waals surface area contributed by atoms with Crippen molar-refractivity contribution >= 4 is 17.9 Å². The first-order valence-corrected chi connectivity index (χ1v) is 11.7. The van der Waals surface area contributed by atoms with Crippen LogP contribution < -0.4 is 18.9 Å². The van der Waals surface area contributed by atoms with Crippen LogP contribution in [0.5, 0.6) is 23.0 Å². The molecular weight excluding hydrogens is 476 g/mol. The third-order valence-electron chi connectivity index (χ3n) is 4.83. The molecule has 0 saturated heterocycles. The van der Waals surface area contributed by atoms with E-state index in [2.05, 4.69) is 6.58 Å². The van der Waals surface area contributed by atoms with Gasteiger partial charge in [0.25, 0.3) is 0 Å². The van der Waals surface area contributed by atoms with Crippen LogP contribution in [0.2, 0.25) is 0 Å². The quantitative estimate of drug-likeness (QED) is 0.140. The Morgan fingerprint density at radius 3 is 1.49 bits per heavy atom. The molecule has 0 aromatic heterocycles. The Morgan fingerprint density at radius 2 is 1.03 bits per heavy atom. The molecule has 0 radical (unpaired) electrons. The van der Waals surface area contributed by atoms with Gasteiger partial charge in [-0.2, -0.15) is 0 Å². The summed E-state index contributed by atoms with van der Waals surface area (Å²) in [6.07, 6.45) is 0.904. The maximum atomic E-state index is 12.4. The van der Waals surface area contributed by atoms with Crippen LogP contribution in [0.25, 0.3) is 0 Å². The molecule has 0 spiro atoms. The maximum absolute atomic E-state index is 12.4. The average molecular weight is 505 g/mol. The summed E-state index contributed by atoms with van der Waals surface area (Å²) >= 11 is 0. The Labute approximate surface area is 215 Å². The minimum absolute atomic E-state index is 0.0827. The molecule has 0 unspecified atom stereocenters. The lowest BCUT2D eigenvalue weighted by molar-refractivity contribution is -0.139. The van der Waals surface area contributed by atoms with Gasteiger partial charge in [0, 0.05) is 5.57 Å². The molecule has 0 aliphatic carbocycles. The van der Waals surface area contributed by atoms with Gasteiger partial charge in [0.1, 0.15) is 36.2 Å². The summed E-state index contributed by atoms with van der Waals surface area (Å²) in [5, 5.41) is 0. The third kappa shape index (κ3) is 8.54. The third-order valence-corrected chi connectivity index (χ3v) is 4.83. The fraction of sp³-hybridized carbons (Fsp3) is 0.207. The van der Waals surface area contributed by atoms with Crippen molar-refractivity contribution in [2.75, 3.05) is 19.8 Å². The number of carbonyl (C=O) groups excluding carboxylic acids is 3. The van der Waals surface area contributed by atoms with Gasteiger partial charge in [0.05, 0.1) is 17.7 Å². The van der Waals surface area contributed by atoms with Gasteiger partial charge in [-0.1, -0.05) is 13.5 Å². The topological polar surface area (TPSA) is 97.4 Å². The summed E-state index contributed by atoms with van der Waals surface area (Å²) in [5.41, 5.74) is 0.939.